The quantitative estimate of drug-likeness (QED) is 0.0535. The summed E-state index contributed by atoms with van der Waals surface area (Å²) in [6.45, 7) is 30.6. The molecule has 0 aliphatic heterocycles. The number of esters is 7. The molecule has 0 amide bonds. The molecule has 0 aliphatic rings. The van der Waals surface area contributed by atoms with Gasteiger partial charge in [0.2, 0.25) is 0 Å². The van der Waals surface area contributed by atoms with E-state index >= 15 is 0 Å². The number of hydrogen-bond donors (Lipinski definition) is 0. The molecule has 0 N–H and O–H groups in total. The first-order chi connectivity index (χ1) is 37.9. The highest BCUT2D eigenvalue weighted by atomic mass is 19.4. The van der Waals surface area contributed by atoms with Crippen molar-refractivity contribution in [2.45, 2.75) is 270 Å². The van der Waals surface area contributed by atoms with Gasteiger partial charge in [-0.1, -0.05) is 55.4 Å². The zero-order valence-electron chi connectivity index (χ0n) is 52.8. The Morgan fingerprint density at radius 2 is 0.709 bits per heavy atom. The Bertz CT molecular complexity index is 2070. The molecule has 0 bridgehead atoms. The normalized spacial score (nSPS) is 13.5. The van der Waals surface area contributed by atoms with E-state index < -0.39 is 149 Å². The van der Waals surface area contributed by atoms with E-state index in [1.807, 2.05) is 6.92 Å². The molecule has 0 aromatic carbocycles. The second kappa shape index (κ2) is 35.3. The van der Waals surface area contributed by atoms with E-state index in [0.29, 0.717) is 38.5 Å². The van der Waals surface area contributed by atoms with Crippen LogP contribution in [0.25, 0.3) is 0 Å². The van der Waals surface area contributed by atoms with Crippen LogP contribution in [0.5, 0.6) is 0 Å². The Morgan fingerprint density at radius 3 is 1.00 bits per heavy atom. The average molecular weight is 1300 g/mol. The van der Waals surface area contributed by atoms with Crippen molar-refractivity contribution in [3.8, 4) is 0 Å². The molecule has 0 radical (unpaired) electrons. The van der Waals surface area contributed by atoms with Crippen LogP contribution < -0.4 is 0 Å². The topological polar surface area (TPSA) is 184 Å². The van der Waals surface area contributed by atoms with Gasteiger partial charge in [0.05, 0.1) is 46.5 Å². The van der Waals surface area contributed by atoms with Crippen LogP contribution in [0.3, 0.4) is 0 Å². The molecule has 0 spiro atoms. The van der Waals surface area contributed by atoms with Crippen LogP contribution in [-0.2, 0) is 66.7 Å². The van der Waals surface area contributed by atoms with Crippen molar-refractivity contribution in [2.24, 2.45) is 27.1 Å². The van der Waals surface area contributed by atoms with Gasteiger partial charge >= 0.3 is 78.8 Å². The van der Waals surface area contributed by atoms with E-state index in [4.69, 9.17) is 14.2 Å². The molecule has 86 heavy (non-hydrogen) atoms. The first-order valence-corrected chi connectivity index (χ1v) is 27.1. The fourth-order valence-electron chi connectivity index (χ4n) is 4.68. The molecule has 0 saturated carbocycles. The summed E-state index contributed by atoms with van der Waals surface area (Å²) in [5.41, 5.74) is -6.95. The Hall–Kier alpha value is -4.90. The van der Waals surface area contributed by atoms with Gasteiger partial charge in [-0.2, -0.15) is 61.5 Å². The van der Waals surface area contributed by atoms with E-state index in [9.17, 15) is 108 Å². The molecule has 14 nitrogen and oxygen atoms in total. The van der Waals surface area contributed by atoms with E-state index in [2.05, 4.69) is 18.9 Å². The van der Waals surface area contributed by atoms with Crippen LogP contribution in [0.4, 0.5) is 74.6 Å². The number of alkyl halides is 17. The van der Waals surface area contributed by atoms with Gasteiger partial charge in [0.15, 0.2) is 12.7 Å². The van der Waals surface area contributed by atoms with Gasteiger partial charge in [-0.25, -0.2) is 4.79 Å². The number of carbonyl (C=O) groups is 7. The fraction of sp³-hybridized carbons (Fsp3) is 0.873. The summed E-state index contributed by atoms with van der Waals surface area (Å²) in [6.07, 6.45) is -30.0. The highest BCUT2D eigenvalue weighted by molar-refractivity contribution is 5.81. The third-order valence-electron chi connectivity index (χ3n) is 13.0. The van der Waals surface area contributed by atoms with Crippen LogP contribution in [-0.4, -0.2) is 115 Å². The number of ether oxygens (including phenoxy) is 7. The molecule has 0 heterocycles. The smallest absolute Gasteiger partial charge is 0.465 e. The molecule has 512 valence electrons. The second-order valence-corrected chi connectivity index (χ2v) is 23.6. The predicted molar refractivity (Wildman–Crippen MR) is 278 cm³/mol. The third kappa shape index (κ3) is 37.7. The van der Waals surface area contributed by atoms with Crippen LogP contribution >= 0.6 is 0 Å². The van der Waals surface area contributed by atoms with Crippen LogP contribution in [0.1, 0.15) is 210 Å². The molecule has 0 fully saturated rings. The maximum atomic E-state index is 14.1. The Balaban J connectivity index is -0.000000324. The lowest BCUT2D eigenvalue weighted by Crippen LogP contribution is -2.48. The molecule has 0 rings (SSSR count). The SMILES string of the molecule is CCC(C)(C)C(=O)OC(C(F)(F)F)C(F)(F)F.CCC(C)(C)C(=O)OC(F)(F)F.CCC(C)(C)C(=O)OCC(F)(F)F.CCC(CC)(CC(=O)OCCC(F)(F)F)OC(=O)C(C)(C)CC.CCC(OC(=O)C(C)(C)CC)C(F)(F)C(=O)OC(C)(C)C. The minimum Gasteiger partial charge on any atom is -0.465 e. The number of rotatable bonds is 23. The summed E-state index contributed by atoms with van der Waals surface area (Å²) < 4.78 is 237. The molecular formula is C55H89F17O14. The third-order valence-corrected chi connectivity index (χ3v) is 13.0. The van der Waals surface area contributed by atoms with E-state index in [-0.39, 0.29) is 19.3 Å². The van der Waals surface area contributed by atoms with Crippen LogP contribution in [0, 0.1) is 27.1 Å². The summed E-state index contributed by atoms with van der Waals surface area (Å²) in [5.74, 6) is -11.1. The van der Waals surface area contributed by atoms with Crippen molar-refractivity contribution in [3.63, 3.8) is 0 Å². The molecule has 0 aromatic rings. The second-order valence-electron chi connectivity index (χ2n) is 23.6. The van der Waals surface area contributed by atoms with Gasteiger partial charge in [-0.15, -0.1) is 13.2 Å². The average Bonchev–Trinajstić information content (AvgIpc) is 3.34. The highest BCUT2D eigenvalue weighted by Gasteiger charge is 2.60. The monoisotopic (exact) mass is 1300 g/mol. The maximum absolute atomic E-state index is 14.1. The van der Waals surface area contributed by atoms with E-state index in [1.54, 1.807) is 76.2 Å². The summed E-state index contributed by atoms with van der Waals surface area (Å²) in [5, 5.41) is 0. The van der Waals surface area contributed by atoms with Crippen LogP contribution in [0.2, 0.25) is 0 Å². The Kier molecular flexibility index (Phi) is 36.9. The number of halogens is 17. The van der Waals surface area contributed by atoms with Gasteiger partial charge in [0.1, 0.15) is 11.2 Å². The zero-order chi connectivity index (χ0) is 70.1. The first kappa shape index (κ1) is 89.8. The van der Waals surface area contributed by atoms with Crippen molar-refractivity contribution in [3.05, 3.63) is 0 Å². The van der Waals surface area contributed by atoms with Crippen molar-refractivity contribution in [1.82, 2.24) is 0 Å². The zero-order valence-corrected chi connectivity index (χ0v) is 52.8. The van der Waals surface area contributed by atoms with Crippen molar-refractivity contribution < 1.29 is 141 Å². The molecule has 0 saturated heterocycles. The highest BCUT2D eigenvalue weighted by Crippen LogP contribution is 2.38. The summed E-state index contributed by atoms with van der Waals surface area (Å²) in [4.78, 5) is 80.5. The Morgan fingerprint density at radius 1 is 0.372 bits per heavy atom. The summed E-state index contributed by atoms with van der Waals surface area (Å²) >= 11 is 0. The minimum atomic E-state index is -5.67. The first-order valence-electron chi connectivity index (χ1n) is 27.1. The predicted octanol–water partition coefficient (Wildman–Crippen LogP) is 16.6. The van der Waals surface area contributed by atoms with E-state index in [0.717, 1.165) is 0 Å². The molecule has 31 heteroatoms. The molecule has 0 aliphatic carbocycles. The Labute approximate surface area is 492 Å². The number of hydrogen-bond acceptors (Lipinski definition) is 14. The lowest BCUT2D eigenvalue weighted by molar-refractivity contribution is -0.315. The van der Waals surface area contributed by atoms with Gasteiger partial charge in [0, 0.05) is 0 Å². The van der Waals surface area contributed by atoms with Crippen molar-refractivity contribution >= 4 is 41.8 Å². The lowest BCUT2D eigenvalue weighted by Gasteiger charge is -2.34. The van der Waals surface area contributed by atoms with E-state index in [1.165, 1.54) is 62.3 Å². The van der Waals surface area contributed by atoms with Gasteiger partial charge in [-0.05, 0) is 141 Å². The maximum Gasteiger partial charge on any atom is 0.575 e. The lowest BCUT2D eigenvalue weighted by atomic mass is 9.88. The molecule has 0 aromatic heterocycles. The summed E-state index contributed by atoms with van der Waals surface area (Å²) in [6, 6.07) is 0. The molecular weight excluding hydrogens is 1210 g/mol. The van der Waals surface area contributed by atoms with Crippen LogP contribution in [0.15, 0.2) is 0 Å². The molecule has 1 unspecified atom stereocenters. The largest absolute Gasteiger partial charge is 0.575 e. The van der Waals surface area contributed by atoms with Gasteiger partial charge in [-0.3, -0.25) is 28.8 Å². The fourth-order valence-corrected chi connectivity index (χ4v) is 4.68. The van der Waals surface area contributed by atoms with Gasteiger partial charge < -0.3 is 33.2 Å². The molecule has 1 atom stereocenters. The summed E-state index contributed by atoms with van der Waals surface area (Å²) in [7, 11) is 0. The minimum absolute atomic E-state index is 0.0638. The van der Waals surface area contributed by atoms with Gasteiger partial charge in [0.25, 0.3) is 6.10 Å². The standard InChI is InChI=1S/C16H27F3O4.C15H26F2O4.C9H12F6O2.C8H13F3O2.C7H11F3O2/c1-6-14(4,5)13(21)23-15(7-2,8-3)11-12(20)22-10-9-16(17,18)19;1-8-10(20-11(18)14(6,7)9-2)15(16,17)12(19)21-13(3,4)5;1-4-7(2,3)6(16)17-5(8(10,11)12)9(13,14)15;1-4-7(2,3)6(12)13-5-8(9,10)11;1-4-6(2,3)5(11)12-7(8,9)10/h6-11H2,1-5H3;10H,8-9H2,1-7H3;5H,4H2,1-3H3;4-5H2,1-3H3;4H2,1-3H3. The number of carbonyl (C=O) groups excluding carboxylic acids is 7. The van der Waals surface area contributed by atoms with Crippen molar-refractivity contribution in [2.75, 3.05) is 13.2 Å². The van der Waals surface area contributed by atoms with Crippen molar-refractivity contribution in [1.29, 1.82) is 0 Å².